The van der Waals surface area contributed by atoms with Gasteiger partial charge in [0, 0.05) is 29.8 Å². The van der Waals surface area contributed by atoms with Crippen LogP contribution in [-0.4, -0.2) is 23.5 Å². The SMILES string of the molecule is O=C(COC(=O)C=Cc1cccc2cccnc12)NCc1ccc(F)cc1. The highest BCUT2D eigenvalue weighted by atomic mass is 19.1. The molecule has 5 nitrogen and oxygen atoms in total. The fourth-order valence-electron chi connectivity index (χ4n) is 2.46. The number of carbonyl (C=O) groups excluding carboxylic acids is 2. The molecule has 0 aliphatic heterocycles. The minimum atomic E-state index is -0.625. The van der Waals surface area contributed by atoms with Crippen molar-refractivity contribution in [2.24, 2.45) is 0 Å². The average Bonchev–Trinajstić information content (AvgIpc) is 2.70. The number of esters is 1. The first-order valence-electron chi connectivity index (χ1n) is 8.31. The molecular formula is C21H17FN2O3. The van der Waals surface area contributed by atoms with Crippen LogP contribution in [0.25, 0.3) is 17.0 Å². The first-order chi connectivity index (χ1) is 13.1. The number of aromatic nitrogens is 1. The minimum absolute atomic E-state index is 0.230. The van der Waals surface area contributed by atoms with Gasteiger partial charge in [0.1, 0.15) is 5.82 Å². The van der Waals surface area contributed by atoms with E-state index in [0.717, 1.165) is 22.0 Å². The van der Waals surface area contributed by atoms with Gasteiger partial charge in [0.2, 0.25) is 0 Å². The lowest BCUT2D eigenvalue weighted by molar-refractivity contribution is -0.143. The van der Waals surface area contributed by atoms with Gasteiger partial charge in [-0.05, 0) is 29.8 Å². The van der Waals surface area contributed by atoms with Crippen LogP contribution in [0.2, 0.25) is 0 Å². The number of fused-ring (bicyclic) bond motifs is 1. The van der Waals surface area contributed by atoms with E-state index in [9.17, 15) is 14.0 Å². The predicted molar refractivity (Wildman–Crippen MR) is 100.0 cm³/mol. The lowest BCUT2D eigenvalue weighted by Gasteiger charge is -2.05. The molecule has 1 aromatic heterocycles. The Morgan fingerprint density at radius 2 is 1.85 bits per heavy atom. The molecule has 0 spiro atoms. The summed E-state index contributed by atoms with van der Waals surface area (Å²) in [4.78, 5) is 27.9. The van der Waals surface area contributed by atoms with Crippen LogP contribution in [0.1, 0.15) is 11.1 Å². The third-order valence-electron chi connectivity index (χ3n) is 3.81. The molecule has 136 valence electrons. The van der Waals surface area contributed by atoms with Crippen molar-refractivity contribution in [3.63, 3.8) is 0 Å². The van der Waals surface area contributed by atoms with Crippen molar-refractivity contribution in [2.75, 3.05) is 6.61 Å². The normalized spacial score (nSPS) is 10.9. The summed E-state index contributed by atoms with van der Waals surface area (Å²) in [5.74, 6) is -1.40. The molecule has 0 aliphatic carbocycles. The second-order valence-electron chi connectivity index (χ2n) is 5.77. The molecule has 0 saturated heterocycles. The fourth-order valence-corrected chi connectivity index (χ4v) is 2.46. The summed E-state index contributed by atoms with van der Waals surface area (Å²) in [5, 5.41) is 3.56. The highest BCUT2D eigenvalue weighted by Crippen LogP contribution is 2.17. The summed E-state index contributed by atoms with van der Waals surface area (Å²) in [6, 6.07) is 15.2. The number of hydrogen-bond donors (Lipinski definition) is 1. The van der Waals surface area contributed by atoms with Crippen molar-refractivity contribution >= 4 is 28.9 Å². The molecule has 0 atom stereocenters. The van der Waals surface area contributed by atoms with E-state index in [0.29, 0.717) is 0 Å². The quantitative estimate of drug-likeness (QED) is 0.539. The molecule has 1 N–H and O–H groups in total. The van der Waals surface area contributed by atoms with E-state index in [-0.39, 0.29) is 12.4 Å². The van der Waals surface area contributed by atoms with Gasteiger partial charge in [-0.15, -0.1) is 0 Å². The van der Waals surface area contributed by atoms with Gasteiger partial charge in [0.05, 0.1) is 5.52 Å². The van der Waals surface area contributed by atoms with Gasteiger partial charge in [-0.25, -0.2) is 9.18 Å². The topological polar surface area (TPSA) is 68.3 Å². The zero-order chi connectivity index (χ0) is 19.1. The maximum absolute atomic E-state index is 12.8. The summed E-state index contributed by atoms with van der Waals surface area (Å²) in [5.41, 5.74) is 2.31. The molecule has 1 amide bonds. The molecule has 0 unspecified atom stereocenters. The monoisotopic (exact) mass is 364 g/mol. The van der Waals surface area contributed by atoms with Crippen molar-refractivity contribution in [3.05, 3.63) is 83.8 Å². The second kappa shape index (κ2) is 8.71. The summed E-state index contributed by atoms with van der Waals surface area (Å²) in [6.07, 6.45) is 4.55. The van der Waals surface area contributed by atoms with Crippen molar-refractivity contribution in [3.8, 4) is 0 Å². The van der Waals surface area contributed by atoms with E-state index in [1.807, 2.05) is 30.3 Å². The maximum Gasteiger partial charge on any atom is 0.331 e. The number of hydrogen-bond acceptors (Lipinski definition) is 4. The zero-order valence-electron chi connectivity index (χ0n) is 14.4. The lowest BCUT2D eigenvalue weighted by atomic mass is 10.1. The minimum Gasteiger partial charge on any atom is -0.452 e. The number of halogens is 1. The molecule has 2 aromatic carbocycles. The van der Waals surface area contributed by atoms with Crippen molar-refractivity contribution < 1.29 is 18.7 Å². The molecule has 0 fully saturated rings. The number of ether oxygens (including phenoxy) is 1. The maximum atomic E-state index is 12.8. The van der Waals surface area contributed by atoms with E-state index >= 15 is 0 Å². The molecule has 27 heavy (non-hydrogen) atoms. The van der Waals surface area contributed by atoms with Crippen molar-refractivity contribution in [1.82, 2.24) is 10.3 Å². The summed E-state index contributed by atoms with van der Waals surface area (Å²) < 4.78 is 17.7. The van der Waals surface area contributed by atoms with Crippen LogP contribution in [0.4, 0.5) is 4.39 Å². The van der Waals surface area contributed by atoms with Gasteiger partial charge in [-0.1, -0.05) is 36.4 Å². The van der Waals surface area contributed by atoms with Crippen LogP contribution in [0, 0.1) is 5.82 Å². The molecule has 1 heterocycles. The van der Waals surface area contributed by atoms with Gasteiger partial charge >= 0.3 is 5.97 Å². The van der Waals surface area contributed by atoms with E-state index in [1.165, 1.54) is 18.2 Å². The molecule has 3 aromatic rings. The Kier molecular flexibility index (Phi) is 5.89. The standard InChI is InChI=1S/C21H17FN2O3/c22-18-9-6-15(7-10-18)13-24-19(25)14-27-20(26)11-8-17-4-1-3-16-5-2-12-23-21(16)17/h1-12H,13-14H2,(H,24,25). The molecule has 3 rings (SSSR count). The smallest absolute Gasteiger partial charge is 0.331 e. The molecule has 6 heteroatoms. The Labute approximate surface area is 155 Å². The first kappa shape index (κ1) is 18.3. The average molecular weight is 364 g/mol. The molecule has 0 bridgehead atoms. The number of carbonyl (C=O) groups is 2. The first-order valence-corrected chi connectivity index (χ1v) is 8.31. The van der Waals surface area contributed by atoms with Crippen LogP contribution in [-0.2, 0) is 20.9 Å². The third kappa shape index (κ3) is 5.22. The molecule has 0 radical (unpaired) electrons. The van der Waals surface area contributed by atoms with E-state index in [2.05, 4.69) is 10.3 Å². The van der Waals surface area contributed by atoms with Gasteiger partial charge in [-0.3, -0.25) is 9.78 Å². The van der Waals surface area contributed by atoms with Crippen LogP contribution >= 0.6 is 0 Å². The van der Waals surface area contributed by atoms with E-state index in [4.69, 9.17) is 4.74 Å². The van der Waals surface area contributed by atoms with Gasteiger partial charge in [0.15, 0.2) is 6.61 Å². The van der Waals surface area contributed by atoms with Crippen LogP contribution in [0.3, 0.4) is 0 Å². The van der Waals surface area contributed by atoms with Crippen LogP contribution in [0.5, 0.6) is 0 Å². The molecular weight excluding hydrogens is 347 g/mol. The Morgan fingerprint density at radius 1 is 1.07 bits per heavy atom. The molecule has 0 aliphatic rings. The second-order valence-corrected chi connectivity index (χ2v) is 5.77. The number of amides is 1. The highest BCUT2D eigenvalue weighted by Gasteiger charge is 2.06. The Hall–Kier alpha value is -3.54. The Morgan fingerprint density at radius 3 is 2.67 bits per heavy atom. The molecule has 0 saturated carbocycles. The van der Waals surface area contributed by atoms with Gasteiger partial charge in [0.25, 0.3) is 5.91 Å². The zero-order valence-corrected chi connectivity index (χ0v) is 14.4. The van der Waals surface area contributed by atoms with Gasteiger partial charge < -0.3 is 10.1 Å². The van der Waals surface area contributed by atoms with Gasteiger partial charge in [-0.2, -0.15) is 0 Å². The number of benzene rings is 2. The Balaban J connectivity index is 1.49. The van der Waals surface area contributed by atoms with Crippen molar-refractivity contribution in [2.45, 2.75) is 6.54 Å². The number of nitrogens with one attached hydrogen (secondary N) is 1. The van der Waals surface area contributed by atoms with E-state index in [1.54, 1.807) is 24.4 Å². The van der Waals surface area contributed by atoms with Crippen molar-refractivity contribution in [1.29, 1.82) is 0 Å². The van der Waals surface area contributed by atoms with Crippen LogP contribution in [0.15, 0.2) is 66.9 Å². The number of nitrogens with zero attached hydrogens (tertiary/aromatic N) is 1. The largest absolute Gasteiger partial charge is 0.452 e. The fraction of sp³-hybridized carbons (Fsp3) is 0.0952. The lowest BCUT2D eigenvalue weighted by Crippen LogP contribution is -2.28. The number of rotatable bonds is 6. The highest BCUT2D eigenvalue weighted by molar-refractivity contribution is 5.93. The third-order valence-corrected chi connectivity index (χ3v) is 3.81. The number of para-hydroxylation sites is 1. The van der Waals surface area contributed by atoms with E-state index < -0.39 is 18.5 Å². The summed E-state index contributed by atoms with van der Waals surface area (Å²) in [6.45, 7) is -0.160. The summed E-state index contributed by atoms with van der Waals surface area (Å²) in [7, 11) is 0. The Bertz CT molecular complexity index is 979. The van der Waals surface area contributed by atoms with Crippen LogP contribution < -0.4 is 5.32 Å². The number of pyridine rings is 1. The predicted octanol–water partition coefficient (Wildman–Crippen LogP) is 3.25. The summed E-state index contributed by atoms with van der Waals surface area (Å²) >= 11 is 0.